The predicted octanol–water partition coefficient (Wildman–Crippen LogP) is 3.09. The van der Waals surface area contributed by atoms with Crippen molar-refractivity contribution < 1.29 is 17.9 Å². The molecule has 2 aromatic carbocycles. The number of hydrogen-bond acceptors (Lipinski definition) is 5. The summed E-state index contributed by atoms with van der Waals surface area (Å²) in [5.41, 5.74) is 2.11. The van der Waals surface area contributed by atoms with Crippen LogP contribution in [-0.2, 0) is 10.0 Å². The number of sulfonamides is 1. The number of amides is 1. The van der Waals surface area contributed by atoms with Gasteiger partial charge in [-0.2, -0.15) is 5.10 Å². The average Bonchev–Trinajstić information content (AvgIpc) is 3.01. The van der Waals surface area contributed by atoms with Crippen LogP contribution in [0.15, 0.2) is 53.4 Å². The molecule has 1 amide bonds. The zero-order valence-corrected chi connectivity index (χ0v) is 16.4. The van der Waals surface area contributed by atoms with Crippen molar-refractivity contribution in [3.63, 3.8) is 0 Å². The molecule has 0 saturated carbocycles. The number of aryl methyl sites for hydroxylation is 2. The molecule has 0 saturated heterocycles. The van der Waals surface area contributed by atoms with E-state index in [1.807, 2.05) is 0 Å². The number of para-hydroxylation sites is 2. The van der Waals surface area contributed by atoms with Crippen LogP contribution in [0.3, 0.4) is 0 Å². The number of aromatic nitrogens is 2. The molecule has 0 fully saturated rings. The number of anilines is 2. The summed E-state index contributed by atoms with van der Waals surface area (Å²) < 4.78 is 32.8. The Bertz CT molecular complexity index is 1090. The SMILES string of the molecule is COc1ccccc1NC(=O)c1ccc(NS(=O)(=O)c2c(C)n[nH]c2C)cc1. The number of nitrogens with one attached hydrogen (secondary N) is 3. The summed E-state index contributed by atoms with van der Waals surface area (Å²) in [4.78, 5) is 12.6. The second-order valence-corrected chi connectivity index (χ2v) is 7.72. The van der Waals surface area contributed by atoms with Gasteiger partial charge in [0.05, 0.1) is 24.2 Å². The fourth-order valence-electron chi connectivity index (χ4n) is 2.77. The van der Waals surface area contributed by atoms with Crippen LogP contribution in [0.5, 0.6) is 5.75 Å². The number of methoxy groups -OCH3 is 1. The molecular weight excluding hydrogens is 380 g/mol. The quantitative estimate of drug-likeness (QED) is 0.588. The van der Waals surface area contributed by atoms with E-state index in [0.29, 0.717) is 34.1 Å². The number of carbonyl (C=O) groups excluding carboxylic acids is 1. The van der Waals surface area contributed by atoms with Gasteiger partial charge in [-0.15, -0.1) is 0 Å². The zero-order valence-electron chi connectivity index (χ0n) is 15.6. The number of nitrogens with zero attached hydrogens (tertiary/aromatic N) is 1. The number of benzene rings is 2. The highest BCUT2D eigenvalue weighted by molar-refractivity contribution is 7.92. The van der Waals surface area contributed by atoms with Crippen molar-refractivity contribution in [1.29, 1.82) is 0 Å². The Morgan fingerprint density at radius 3 is 2.36 bits per heavy atom. The van der Waals surface area contributed by atoms with Gasteiger partial charge in [-0.1, -0.05) is 12.1 Å². The van der Waals surface area contributed by atoms with Gasteiger partial charge < -0.3 is 10.1 Å². The van der Waals surface area contributed by atoms with Gasteiger partial charge >= 0.3 is 0 Å². The smallest absolute Gasteiger partial charge is 0.265 e. The van der Waals surface area contributed by atoms with E-state index < -0.39 is 10.0 Å². The van der Waals surface area contributed by atoms with Crippen molar-refractivity contribution >= 4 is 27.3 Å². The molecule has 146 valence electrons. The molecule has 0 bridgehead atoms. The van der Waals surface area contributed by atoms with Crippen molar-refractivity contribution in [3.8, 4) is 5.75 Å². The Morgan fingerprint density at radius 1 is 1.07 bits per heavy atom. The molecule has 1 heterocycles. The van der Waals surface area contributed by atoms with E-state index in [4.69, 9.17) is 4.74 Å². The fraction of sp³-hybridized carbons (Fsp3) is 0.158. The van der Waals surface area contributed by atoms with Crippen molar-refractivity contribution in [2.75, 3.05) is 17.1 Å². The van der Waals surface area contributed by atoms with Crippen LogP contribution >= 0.6 is 0 Å². The third-order valence-corrected chi connectivity index (χ3v) is 5.73. The third kappa shape index (κ3) is 3.99. The summed E-state index contributed by atoms with van der Waals surface area (Å²) in [6, 6.07) is 13.2. The molecule has 9 heteroatoms. The van der Waals surface area contributed by atoms with Gasteiger partial charge in [0.25, 0.3) is 15.9 Å². The molecule has 3 rings (SSSR count). The number of aromatic amines is 1. The summed E-state index contributed by atoms with van der Waals surface area (Å²) in [6.45, 7) is 3.25. The monoisotopic (exact) mass is 400 g/mol. The van der Waals surface area contributed by atoms with Crippen molar-refractivity contribution in [2.24, 2.45) is 0 Å². The highest BCUT2D eigenvalue weighted by atomic mass is 32.2. The largest absolute Gasteiger partial charge is 0.495 e. The standard InChI is InChI=1S/C19H20N4O4S/c1-12-18(13(2)22-21-12)28(25,26)23-15-10-8-14(9-11-15)19(24)20-16-6-4-5-7-17(16)27-3/h4-11,23H,1-3H3,(H,20,24)(H,21,22). The Hall–Kier alpha value is -3.33. The predicted molar refractivity (Wildman–Crippen MR) is 106 cm³/mol. The van der Waals surface area contributed by atoms with Crippen LogP contribution in [0.25, 0.3) is 0 Å². The molecule has 0 aliphatic carbocycles. The molecule has 8 nitrogen and oxygen atoms in total. The maximum Gasteiger partial charge on any atom is 0.265 e. The second-order valence-electron chi connectivity index (χ2n) is 6.10. The molecule has 3 N–H and O–H groups in total. The number of hydrogen-bond donors (Lipinski definition) is 3. The lowest BCUT2D eigenvalue weighted by Gasteiger charge is -2.11. The number of carbonyl (C=O) groups is 1. The first-order valence-corrected chi connectivity index (χ1v) is 9.89. The fourth-order valence-corrected chi connectivity index (χ4v) is 4.21. The van der Waals surface area contributed by atoms with E-state index in [1.54, 1.807) is 38.1 Å². The summed E-state index contributed by atoms with van der Waals surface area (Å²) in [5, 5.41) is 9.33. The van der Waals surface area contributed by atoms with E-state index >= 15 is 0 Å². The molecule has 0 aliphatic rings. The van der Waals surface area contributed by atoms with Gasteiger partial charge in [-0.25, -0.2) is 8.42 Å². The van der Waals surface area contributed by atoms with Crippen LogP contribution in [0.1, 0.15) is 21.7 Å². The normalized spacial score (nSPS) is 11.1. The van der Waals surface area contributed by atoms with Gasteiger partial charge in [0.15, 0.2) is 0 Å². The lowest BCUT2D eigenvalue weighted by molar-refractivity contribution is 0.102. The summed E-state index contributed by atoms with van der Waals surface area (Å²) >= 11 is 0. The first-order valence-electron chi connectivity index (χ1n) is 8.40. The molecule has 0 spiro atoms. The minimum Gasteiger partial charge on any atom is -0.495 e. The third-order valence-electron chi connectivity index (χ3n) is 4.08. The van der Waals surface area contributed by atoms with Crippen LogP contribution in [0.4, 0.5) is 11.4 Å². The highest BCUT2D eigenvalue weighted by Crippen LogP contribution is 2.24. The average molecular weight is 400 g/mol. The van der Waals surface area contributed by atoms with Gasteiger partial charge in [0, 0.05) is 11.3 Å². The molecule has 0 aliphatic heterocycles. The Morgan fingerprint density at radius 2 is 1.75 bits per heavy atom. The Kier molecular flexibility index (Phi) is 5.36. The lowest BCUT2D eigenvalue weighted by Crippen LogP contribution is -2.15. The van der Waals surface area contributed by atoms with Gasteiger partial charge in [-0.3, -0.25) is 14.6 Å². The van der Waals surface area contributed by atoms with E-state index in [9.17, 15) is 13.2 Å². The number of rotatable bonds is 6. The van der Waals surface area contributed by atoms with E-state index in [2.05, 4.69) is 20.2 Å². The molecule has 28 heavy (non-hydrogen) atoms. The van der Waals surface area contributed by atoms with E-state index in [1.165, 1.54) is 31.4 Å². The van der Waals surface area contributed by atoms with Crippen molar-refractivity contribution in [2.45, 2.75) is 18.7 Å². The van der Waals surface area contributed by atoms with Gasteiger partial charge in [0.1, 0.15) is 10.6 Å². The highest BCUT2D eigenvalue weighted by Gasteiger charge is 2.22. The molecular formula is C19H20N4O4S. The van der Waals surface area contributed by atoms with Crippen molar-refractivity contribution in [3.05, 3.63) is 65.5 Å². The van der Waals surface area contributed by atoms with Gasteiger partial charge in [-0.05, 0) is 50.2 Å². The van der Waals surface area contributed by atoms with Crippen LogP contribution in [0.2, 0.25) is 0 Å². The van der Waals surface area contributed by atoms with Crippen LogP contribution in [-0.4, -0.2) is 31.6 Å². The zero-order chi connectivity index (χ0) is 20.3. The molecule has 3 aromatic rings. The number of H-pyrrole nitrogens is 1. The molecule has 0 atom stereocenters. The maximum absolute atomic E-state index is 12.6. The van der Waals surface area contributed by atoms with E-state index in [0.717, 1.165) is 0 Å². The number of ether oxygens (including phenoxy) is 1. The topological polar surface area (TPSA) is 113 Å². The minimum atomic E-state index is -3.78. The Labute approximate surface area is 163 Å². The Balaban J connectivity index is 1.75. The lowest BCUT2D eigenvalue weighted by atomic mass is 10.2. The summed E-state index contributed by atoms with van der Waals surface area (Å²) in [6.07, 6.45) is 0. The van der Waals surface area contributed by atoms with Crippen LogP contribution < -0.4 is 14.8 Å². The molecule has 0 radical (unpaired) electrons. The maximum atomic E-state index is 12.6. The minimum absolute atomic E-state index is 0.116. The second kappa shape index (κ2) is 7.73. The van der Waals surface area contributed by atoms with Crippen LogP contribution in [0, 0.1) is 13.8 Å². The first kappa shape index (κ1) is 19.4. The molecule has 1 aromatic heterocycles. The summed E-state index contributed by atoms with van der Waals surface area (Å²) in [7, 11) is -2.26. The van der Waals surface area contributed by atoms with Crippen molar-refractivity contribution in [1.82, 2.24) is 10.2 Å². The van der Waals surface area contributed by atoms with E-state index in [-0.39, 0.29) is 10.8 Å². The summed E-state index contributed by atoms with van der Waals surface area (Å²) in [5.74, 6) is 0.214. The molecule has 0 unspecified atom stereocenters. The van der Waals surface area contributed by atoms with Gasteiger partial charge in [0.2, 0.25) is 0 Å². The first-order chi connectivity index (χ1) is 13.3.